The third-order valence-electron chi connectivity index (χ3n) is 5.69. The van der Waals surface area contributed by atoms with Crippen molar-refractivity contribution < 1.29 is 14.4 Å². The van der Waals surface area contributed by atoms with E-state index in [1.54, 1.807) is 6.92 Å². The van der Waals surface area contributed by atoms with Crippen LogP contribution < -0.4 is 5.32 Å². The lowest BCUT2D eigenvalue weighted by Gasteiger charge is -2.37. The van der Waals surface area contributed by atoms with Crippen LogP contribution in [0.3, 0.4) is 0 Å². The van der Waals surface area contributed by atoms with Crippen molar-refractivity contribution in [1.82, 2.24) is 5.06 Å². The number of hydrogen-bond donors (Lipinski definition) is 1. The zero-order valence-corrected chi connectivity index (χ0v) is 20.1. The normalized spacial score (nSPS) is 17.6. The van der Waals surface area contributed by atoms with Crippen molar-refractivity contribution in [2.75, 3.05) is 5.32 Å². The molecule has 0 fully saturated rings. The van der Waals surface area contributed by atoms with Crippen molar-refractivity contribution in [2.45, 2.75) is 71.1 Å². The molecule has 0 spiro atoms. The molecule has 2 aromatic carbocycles. The second kappa shape index (κ2) is 10.4. The lowest BCUT2D eigenvalue weighted by Crippen LogP contribution is -2.53. The molecule has 0 aliphatic carbocycles. The van der Waals surface area contributed by atoms with E-state index in [2.05, 4.69) is 35.1 Å². The minimum atomic E-state index is -0.777. The highest BCUT2D eigenvalue weighted by Crippen LogP contribution is 2.42. The molecule has 1 aliphatic rings. The van der Waals surface area contributed by atoms with E-state index < -0.39 is 11.6 Å². The van der Waals surface area contributed by atoms with E-state index in [1.807, 2.05) is 48.5 Å². The Kier molecular flexibility index (Phi) is 7.89. The van der Waals surface area contributed by atoms with Crippen molar-refractivity contribution >= 4 is 33.3 Å². The number of benzene rings is 2. The number of Topliss-reactive ketones (excluding diaryl/α,β-unsaturated/α-hetero) is 1. The van der Waals surface area contributed by atoms with Crippen LogP contribution in [0.1, 0.15) is 70.0 Å². The largest absolute Gasteiger partial charge is 0.371 e. The third-order valence-corrected chi connectivity index (χ3v) is 6.18. The molecule has 0 saturated carbocycles. The van der Waals surface area contributed by atoms with Gasteiger partial charge in [-0.2, -0.15) is 0 Å². The Hall–Kier alpha value is -2.18. The second-order valence-electron chi connectivity index (χ2n) is 8.25. The molecular weight excluding hydrogens is 456 g/mol. The summed E-state index contributed by atoms with van der Waals surface area (Å²) in [7, 11) is 0. The predicted molar refractivity (Wildman–Crippen MR) is 126 cm³/mol. The van der Waals surface area contributed by atoms with E-state index in [0.29, 0.717) is 12.8 Å². The molecule has 1 N–H and O–H groups in total. The number of fused-ring (bicyclic) bond motifs is 1. The van der Waals surface area contributed by atoms with Gasteiger partial charge in [-0.1, -0.05) is 79.0 Å². The highest BCUT2D eigenvalue weighted by molar-refractivity contribution is 9.10. The molecule has 5 nitrogen and oxygen atoms in total. The van der Waals surface area contributed by atoms with Gasteiger partial charge in [0.1, 0.15) is 17.9 Å². The van der Waals surface area contributed by atoms with Crippen LogP contribution in [0.4, 0.5) is 5.69 Å². The number of carbonyl (C=O) groups excluding carboxylic acids is 2. The van der Waals surface area contributed by atoms with E-state index in [9.17, 15) is 9.59 Å². The monoisotopic (exact) mass is 486 g/mol. The molecule has 3 rings (SSSR count). The second-order valence-corrected chi connectivity index (χ2v) is 9.17. The van der Waals surface area contributed by atoms with E-state index in [4.69, 9.17) is 4.84 Å². The van der Waals surface area contributed by atoms with Gasteiger partial charge in [0.15, 0.2) is 0 Å². The van der Waals surface area contributed by atoms with Gasteiger partial charge in [-0.15, -0.1) is 0 Å². The lowest BCUT2D eigenvalue weighted by molar-refractivity contribution is -0.212. The number of ketones is 1. The smallest absolute Gasteiger partial charge is 0.272 e. The first kappa shape index (κ1) is 23.5. The first-order valence-electron chi connectivity index (χ1n) is 11.0. The highest BCUT2D eigenvalue weighted by Gasteiger charge is 2.46. The predicted octanol–water partition coefficient (Wildman–Crippen LogP) is 6.19. The van der Waals surface area contributed by atoms with Crippen LogP contribution in [0, 0.1) is 0 Å². The summed E-state index contributed by atoms with van der Waals surface area (Å²) in [6.45, 7) is 5.99. The van der Waals surface area contributed by atoms with Gasteiger partial charge in [-0.05, 0) is 37.5 Å². The fourth-order valence-electron chi connectivity index (χ4n) is 4.37. The fraction of sp³-hybridized carbons (Fsp3) is 0.440. The van der Waals surface area contributed by atoms with Gasteiger partial charge in [0.2, 0.25) is 0 Å². The van der Waals surface area contributed by atoms with E-state index >= 15 is 0 Å². The summed E-state index contributed by atoms with van der Waals surface area (Å²) in [6.07, 6.45) is 3.27. The van der Waals surface area contributed by atoms with Gasteiger partial charge in [0, 0.05) is 22.1 Å². The SMILES string of the molecule is CCCC1(CCC)Nc2cc(Br)ccc2[C@@H](CC(C)=O)N(OCc2ccccc2)C1=O. The van der Waals surface area contributed by atoms with Crippen molar-refractivity contribution in [3.8, 4) is 0 Å². The number of hydrogen-bond acceptors (Lipinski definition) is 4. The summed E-state index contributed by atoms with van der Waals surface area (Å²) in [5.74, 6) is -0.0934. The maximum absolute atomic E-state index is 14.0. The fourth-order valence-corrected chi connectivity index (χ4v) is 4.73. The number of nitrogens with zero attached hydrogens (tertiary/aromatic N) is 1. The first-order chi connectivity index (χ1) is 14.9. The van der Waals surface area contributed by atoms with Gasteiger partial charge in [0.25, 0.3) is 5.91 Å². The van der Waals surface area contributed by atoms with Crippen molar-refractivity contribution in [3.63, 3.8) is 0 Å². The molecule has 0 radical (unpaired) electrons. The lowest BCUT2D eigenvalue weighted by atomic mass is 9.87. The number of halogens is 1. The van der Waals surface area contributed by atoms with Gasteiger partial charge >= 0.3 is 0 Å². The Morgan fingerprint density at radius 2 is 1.81 bits per heavy atom. The van der Waals surface area contributed by atoms with Gasteiger partial charge in [-0.3, -0.25) is 14.4 Å². The number of amides is 1. The number of nitrogens with one attached hydrogen (secondary N) is 1. The topological polar surface area (TPSA) is 58.6 Å². The Balaban J connectivity index is 2.10. The maximum Gasteiger partial charge on any atom is 0.272 e. The Morgan fingerprint density at radius 3 is 2.42 bits per heavy atom. The molecule has 0 unspecified atom stereocenters. The summed E-state index contributed by atoms with van der Waals surface area (Å²) < 4.78 is 0.924. The highest BCUT2D eigenvalue weighted by atomic mass is 79.9. The van der Waals surface area contributed by atoms with Gasteiger partial charge < -0.3 is 5.32 Å². The summed E-state index contributed by atoms with van der Waals surface area (Å²) in [5, 5.41) is 5.06. The Morgan fingerprint density at radius 1 is 1.13 bits per heavy atom. The summed E-state index contributed by atoms with van der Waals surface area (Å²) in [6, 6.07) is 15.2. The summed E-state index contributed by atoms with van der Waals surface area (Å²) in [4.78, 5) is 32.4. The molecule has 31 heavy (non-hydrogen) atoms. The molecule has 1 heterocycles. The molecule has 1 amide bonds. The number of anilines is 1. The number of rotatable bonds is 9. The molecule has 0 saturated heterocycles. The molecule has 1 aliphatic heterocycles. The van der Waals surface area contributed by atoms with Crippen LogP contribution >= 0.6 is 15.9 Å². The third kappa shape index (κ3) is 5.36. The summed E-state index contributed by atoms with van der Waals surface area (Å²) >= 11 is 3.56. The van der Waals surface area contributed by atoms with Crippen LogP contribution in [0.2, 0.25) is 0 Å². The number of hydroxylamine groups is 2. The van der Waals surface area contributed by atoms with Crippen LogP contribution in [-0.4, -0.2) is 22.3 Å². The molecule has 166 valence electrons. The Labute approximate surface area is 193 Å². The molecule has 6 heteroatoms. The molecule has 0 aromatic heterocycles. The number of carbonyl (C=O) groups is 2. The van der Waals surface area contributed by atoms with E-state index in [0.717, 1.165) is 34.1 Å². The minimum absolute atomic E-state index is 0.0125. The molecule has 1 atom stereocenters. The van der Waals surface area contributed by atoms with E-state index in [1.165, 1.54) is 5.06 Å². The minimum Gasteiger partial charge on any atom is -0.371 e. The molecule has 0 bridgehead atoms. The van der Waals surface area contributed by atoms with Gasteiger partial charge in [0.05, 0.1) is 6.04 Å². The van der Waals surface area contributed by atoms with E-state index in [-0.39, 0.29) is 24.7 Å². The van der Waals surface area contributed by atoms with Gasteiger partial charge in [-0.25, -0.2) is 5.06 Å². The molecular formula is C25H31BrN2O3. The quantitative estimate of drug-likeness (QED) is 0.458. The first-order valence-corrected chi connectivity index (χ1v) is 11.8. The van der Waals surface area contributed by atoms with Crippen LogP contribution in [0.25, 0.3) is 0 Å². The van der Waals surface area contributed by atoms with Crippen molar-refractivity contribution in [3.05, 3.63) is 64.1 Å². The molecule has 2 aromatic rings. The Bertz CT molecular complexity index is 910. The van der Waals surface area contributed by atoms with Crippen LogP contribution in [0.15, 0.2) is 53.0 Å². The van der Waals surface area contributed by atoms with Crippen LogP contribution in [-0.2, 0) is 21.0 Å². The average molecular weight is 487 g/mol. The zero-order chi connectivity index (χ0) is 22.4. The zero-order valence-electron chi connectivity index (χ0n) is 18.5. The van der Waals surface area contributed by atoms with Crippen molar-refractivity contribution in [1.29, 1.82) is 0 Å². The van der Waals surface area contributed by atoms with Crippen molar-refractivity contribution in [2.24, 2.45) is 0 Å². The standard InChI is InChI=1S/C25H31BrN2O3/c1-4-13-25(14-5-2)24(30)28(31-17-19-9-7-6-8-10-19)23(15-18(3)29)21-12-11-20(26)16-22(21)27-25/h6-12,16,23,27H,4-5,13-15,17H2,1-3H3/t23-/m1/s1. The summed E-state index contributed by atoms with van der Waals surface area (Å²) in [5.41, 5.74) is 1.97. The maximum atomic E-state index is 14.0. The average Bonchev–Trinajstić information content (AvgIpc) is 2.81. The van der Waals surface area contributed by atoms with Crippen LogP contribution in [0.5, 0.6) is 0 Å².